The first kappa shape index (κ1) is 100. The van der Waals surface area contributed by atoms with Crippen molar-refractivity contribution in [3.05, 3.63) is 327 Å². The molecule has 22 nitrogen and oxygen atoms in total. The highest BCUT2D eigenvalue weighted by atomic mass is 19.1. The topological polar surface area (TPSA) is 258 Å². The van der Waals surface area contributed by atoms with Crippen molar-refractivity contribution < 1.29 is 56.6 Å². The van der Waals surface area contributed by atoms with E-state index in [2.05, 4.69) is 139 Å². The molecule has 0 amide bonds. The molecule has 0 aliphatic carbocycles. The molecule has 7 heterocycles. The van der Waals surface area contributed by atoms with E-state index in [0.29, 0.717) is 64.5 Å². The molecular formula is C118H106FN11O11. The Kier molecular flexibility index (Phi) is 33.1. The average Bonchev–Trinajstić information content (AvgIpc) is 1.62. The van der Waals surface area contributed by atoms with Crippen LogP contribution in [0, 0.1) is 110 Å². The lowest BCUT2D eigenvalue weighted by Crippen LogP contribution is -2.10. The lowest BCUT2D eigenvalue weighted by Gasteiger charge is -2.19. The molecule has 18 rings (SSSR count). The van der Waals surface area contributed by atoms with Crippen molar-refractivity contribution in [2.45, 2.75) is 114 Å². The van der Waals surface area contributed by atoms with Gasteiger partial charge in [0.2, 0.25) is 6.79 Å². The number of hydrogen-bond donors (Lipinski definition) is 0. The normalized spacial score (nSPS) is 10.7. The monoisotopic (exact) mass is 1870 g/mol. The number of rotatable bonds is 16. The van der Waals surface area contributed by atoms with Gasteiger partial charge in [0.15, 0.2) is 11.5 Å². The third-order valence-electron chi connectivity index (χ3n) is 23.8. The predicted octanol–water partition coefficient (Wildman–Crippen LogP) is 24.0. The van der Waals surface area contributed by atoms with Crippen LogP contribution >= 0.6 is 0 Å². The number of carbonyl (C=O) groups excluding carboxylic acids is 1. The molecule has 0 atom stereocenters. The lowest BCUT2D eigenvalue weighted by atomic mass is 9.86. The van der Waals surface area contributed by atoms with Crippen molar-refractivity contribution in [2.24, 2.45) is 0 Å². The van der Waals surface area contributed by atoms with E-state index in [-0.39, 0.29) is 24.0 Å². The Balaban J connectivity index is 0.000000143. The Morgan fingerprint density at radius 3 is 1.04 bits per heavy atom. The highest BCUT2D eigenvalue weighted by Gasteiger charge is 2.26. The van der Waals surface area contributed by atoms with Gasteiger partial charge in [-0.05, 0) is 234 Å². The van der Waals surface area contributed by atoms with Gasteiger partial charge in [-0.2, -0.15) is 26.3 Å². The van der Waals surface area contributed by atoms with Gasteiger partial charge < -0.3 is 74.8 Å². The van der Waals surface area contributed by atoms with Crippen LogP contribution in [0.15, 0.2) is 237 Å². The number of aryl methyl sites for hydroxylation is 6. The van der Waals surface area contributed by atoms with Crippen LogP contribution in [0.3, 0.4) is 0 Å². The van der Waals surface area contributed by atoms with Gasteiger partial charge in [-0.25, -0.2) is 9.18 Å². The third kappa shape index (κ3) is 22.1. The highest BCUT2D eigenvalue weighted by Crippen LogP contribution is 2.41. The number of halogens is 1. The molecule has 0 bridgehead atoms. The van der Waals surface area contributed by atoms with Gasteiger partial charge in [-0.1, -0.05) is 93.0 Å². The summed E-state index contributed by atoms with van der Waals surface area (Å²) in [7, 11) is 11.4. The third-order valence-corrected chi connectivity index (χ3v) is 23.8. The fraction of sp³-hybridized carbons (Fsp3) is 0.220. The fourth-order valence-electron chi connectivity index (χ4n) is 16.7. The Morgan fingerprint density at radius 1 is 0.340 bits per heavy atom. The second-order valence-electron chi connectivity index (χ2n) is 32.7. The van der Waals surface area contributed by atoms with E-state index in [4.69, 9.17) is 47.4 Å². The van der Waals surface area contributed by atoms with Crippen LogP contribution in [-0.2, 0) is 49.4 Å². The van der Waals surface area contributed by atoms with E-state index < -0.39 is 0 Å². The van der Waals surface area contributed by atoms with Crippen LogP contribution < -0.4 is 42.6 Å². The maximum absolute atomic E-state index is 13.0. The lowest BCUT2D eigenvalue weighted by molar-refractivity contribution is 0.0528. The summed E-state index contributed by atoms with van der Waals surface area (Å²) in [6, 6.07) is 83.5. The van der Waals surface area contributed by atoms with Gasteiger partial charge in [0.05, 0.1) is 129 Å². The summed E-state index contributed by atoms with van der Waals surface area (Å²) < 4.78 is 78.1. The van der Waals surface area contributed by atoms with Crippen LogP contribution in [0.2, 0.25) is 0 Å². The Hall–Kier alpha value is -18.1. The molecular weight excluding hydrogens is 1770 g/mol. The van der Waals surface area contributed by atoms with Gasteiger partial charge in [0.25, 0.3) is 0 Å². The molecule has 0 fully saturated rings. The number of ether oxygens (including phenoxy) is 10. The van der Waals surface area contributed by atoms with Gasteiger partial charge in [0, 0.05) is 136 Å². The van der Waals surface area contributed by atoms with Crippen LogP contribution in [0.1, 0.15) is 158 Å². The van der Waals surface area contributed by atoms with E-state index in [1.54, 1.807) is 68.8 Å². The molecule has 141 heavy (non-hydrogen) atoms. The molecule has 706 valence electrons. The fourth-order valence-corrected chi connectivity index (χ4v) is 16.7. The number of aromatic nitrogens is 6. The second-order valence-corrected chi connectivity index (χ2v) is 32.7. The molecule has 0 unspecified atom stereocenters. The first-order chi connectivity index (χ1) is 68.5. The number of nitriles is 5. The minimum absolute atomic E-state index is 0.113. The molecule has 11 aromatic carbocycles. The van der Waals surface area contributed by atoms with Crippen molar-refractivity contribution in [1.82, 2.24) is 27.4 Å². The summed E-state index contributed by atoms with van der Waals surface area (Å²) in [5.41, 5.74) is 19.1. The molecule has 0 spiro atoms. The Bertz CT molecular complexity index is 8020. The van der Waals surface area contributed by atoms with E-state index in [9.17, 15) is 35.5 Å². The number of fused-ring (bicyclic) bond motifs is 7. The number of carbonyl (C=O) groups is 1. The molecule has 0 saturated carbocycles. The smallest absolute Gasteiger partial charge is 0.340 e. The van der Waals surface area contributed by atoms with Crippen molar-refractivity contribution in [2.75, 3.05) is 63.2 Å². The number of hydrogen-bond acceptors (Lipinski definition) is 16. The summed E-state index contributed by atoms with van der Waals surface area (Å²) in [6.45, 7) is 25.7. The first-order valence-corrected chi connectivity index (χ1v) is 45.9. The van der Waals surface area contributed by atoms with E-state index in [1.165, 1.54) is 17.7 Å². The summed E-state index contributed by atoms with van der Waals surface area (Å²) in [5, 5.41) is 53.6. The molecule has 1 aliphatic heterocycles. The largest absolute Gasteiger partial charge is 0.497 e. The zero-order chi connectivity index (χ0) is 101. The zero-order valence-corrected chi connectivity index (χ0v) is 82.0. The molecule has 0 N–H and O–H groups in total. The summed E-state index contributed by atoms with van der Waals surface area (Å²) >= 11 is 0. The zero-order valence-electron chi connectivity index (χ0n) is 82.0. The predicted molar refractivity (Wildman–Crippen MR) is 551 cm³/mol. The summed E-state index contributed by atoms with van der Waals surface area (Å²) in [6.07, 6.45) is 1.82. The van der Waals surface area contributed by atoms with E-state index in [1.807, 2.05) is 241 Å². The maximum atomic E-state index is 13.0. The minimum atomic E-state index is -0.307. The van der Waals surface area contributed by atoms with Crippen LogP contribution in [-0.4, -0.2) is 96.5 Å². The minimum Gasteiger partial charge on any atom is -0.497 e. The quantitative estimate of drug-likeness (QED) is 0.0643. The van der Waals surface area contributed by atoms with Crippen LogP contribution in [0.25, 0.3) is 76.7 Å². The SMILES string of the molecule is CCOC(=O)c1cn(CC)c2cc3c(cc12)OCO3.CCn1c(-c2ccc(C(C)(C)C)cc2)c(C#N)c2ccc(OC)cc21.CCn1c(C#Cc2ccc(F)cc2)c(C#N)c2ccc(OC)cc21.CCn1c(C#Cc2ccc(OC)cc2)c(C#N)c2ccc(OC)cc21.CCn1c(C#Cc2cccc(OC)c2)c(C#N)c2ccc(OC)cc21.CCn1c(C#Cc2ccccc2)c(C#N)c2ccc(OC)cc21. The number of esters is 1. The van der Waals surface area contributed by atoms with Gasteiger partial charge in [0.1, 0.15) is 99.2 Å². The van der Waals surface area contributed by atoms with Gasteiger partial charge in [-0.3, -0.25) is 0 Å². The number of methoxy groups -OCH3 is 7. The summed E-state index contributed by atoms with van der Waals surface area (Å²) in [5.74, 6) is 31.2. The van der Waals surface area contributed by atoms with E-state index >= 15 is 0 Å². The standard InChI is InChI=1S/C22H24N2O.2C21H18N2O2.C20H15FN2O.C20H16N2O.C14H15NO4/c1-6-24-20-13-17(25-5)11-12-18(20)19(14-23)21(24)15-7-9-16(10-8-15)22(2,3)4;1-4-23-20(12-7-15-5-8-16(24-2)9-6-15)19(14-22)18-11-10-17(25-3)13-21(18)23;1-4-23-20(11-8-15-6-5-7-16(12-15)24-2)19(14-22)18-10-9-17(25-3)13-21(18)23;1-3-23-19(11-6-14-4-7-15(21)8-5-14)18(13-22)17-10-9-16(24-2)12-20(17)23;1-3-22-19(12-9-15-7-5-4-6-8-15)18(14-21)17-11-10-16(23-2)13-20(17)22;1-3-15-7-10(14(16)17-4-2)9-5-12-13(6-11(9)15)19-8-18-12/h7-13H,6H2,1-5H3;5-6,8-11,13H,4H2,1-3H3;5-7,9-10,12-13H,4H2,1-3H3;4-5,7-10,12H,3H2,1-2H3;4-8,10-11,13H,3H2,1-2H3;5-7H,3-4,8H2,1-2H3. The number of nitrogens with zero attached hydrogens (tertiary/aromatic N) is 11. The van der Waals surface area contributed by atoms with Crippen LogP contribution in [0.4, 0.5) is 4.39 Å². The maximum Gasteiger partial charge on any atom is 0.340 e. The second kappa shape index (κ2) is 46.5. The average molecular weight is 1870 g/mol. The van der Waals surface area contributed by atoms with Crippen molar-refractivity contribution in [3.8, 4) is 141 Å². The van der Waals surface area contributed by atoms with Crippen molar-refractivity contribution >= 4 is 71.4 Å². The van der Waals surface area contributed by atoms with Gasteiger partial charge >= 0.3 is 5.97 Å². The Labute approximate surface area is 821 Å². The van der Waals surface area contributed by atoms with Crippen molar-refractivity contribution in [1.29, 1.82) is 26.3 Å². The highest BCUT2D eigenvalue weighted by molar-refractivity contribution is 6.06. The van der Waals surface area contributed by atoms with Gasteiger partial charge in [-0.15, -0.1) is 0 Å². The molecule has 6 aromatic heterocycles. The van der Waals surface area contributed by atoms with Crippen LogP contribution in [0.5, 0.6) is 51.7 Å². The Morgan fingerprint density at radius 2 is 0.681 bits per heavy atom. The molecule has 0 saturated heterocycles. The summed E-state index contributed by atoms with van der Waals surface area (Å²) in [4.78, 5) is 12.0. The van der Waals surface area contributed by atoms with Crippen molar-refractivity contribution in [3.63, 3.8) is 0 Å². The molecule has 1 aliphatic rings. The first-order valence-electron chi connectivity index (χ1n) is 45.9. The molecule has 0 radical (unpaired) electrons. The number of benzene rings is 11. The van der Waals surface area contributed by atoms with E-state index in [0.717, 1.165) is 188 Å². The molecule has 17 aromatic rings. The molecule has 23 heteroatoms.